The van der Waals surface area contributed by atoms with Gasteiger partial charge in [0.2, 0.25) is 0 Å². The molecule has 0 radical (unpaired) electrons. The van der Waals surface area contributed by atoms with Gasteiger partial charge in [-0.05, 0) is 45.9 Å². The van der Waals surface area contributed by atoms with E-state index < -0.39 is 28.9 Å². The lowest BCUT2D eigenvalue weighted by Crippen LogP contribution is -2.27. The van der Waals surface area contributed by atoms with Crippen LogP contribution in [0.4, 0.5) is 26.3 Å². The molecule has 0 fully saturated rings. The van der Waals surface area contributed by atoms with E-state index in [9.17, 15) is 31.1 Å². The Hall–Kier alpha value is -0.900. The van der Waals surface area contributed by atoms with Crippen molar-refractivity contribution < 1.29 is 31.1 Å². The Morgan fingerprint density at radius 2 is 1.81 bits per heavy atom. The van der Waals surface area contributed by atoms with Crippen molar-refractivity contribution in [2.45, 2.75) is 11.7 Å². The van der Waals surface area contributed by atoms with Gasteiger partial charge in [0.15, 0.2) is 0 Å². The summed E-state index contributed by atoms with van der Waals surface area (Å²) in [7, 11) is 0. The third-order valence-corrected chi connectivity index (χ3v) is 3.62. The predicted molar refractivity (Wildman–Crippen MR) is 70.0 cm³/mol. The predicted octanol–water partition coefficient (Wildman–Crippen LogP) is 4.45. The molecule has 0 saturated heterocycles. The van der Waals surface area contributed by atoms with Crippen LogP contribution < -0.4 is 5.32 Å². The van der Waals surface area contributed by atoms with Gasteiger partial charge in [0.1, 0.15) is 0 Å². The van der Waals surface area contributed by atoms with E-state index in [0.29, 0.717) is 6.07 Å². The maximum Gasteiger partial charge on any atom is 0.441 e. The number of halogens is 7. The zero-order valence-corrected chi connectivity index (χ0v) is 12.5. The number of rotatable bonds is 4. The molecule has 0 heterocycles. The summed E-state index contributed by atoms with van der Waals surface area (Å²) in [5.74, 6) is -1.30. The summed E-state index contributed by atoms with van der Waals surface area (Å²) in [6.45, 7) is -0.314. The average molecular weight is 396 g/mol. The molecule has 21 heavy (non-hydrogen) atoms. The minimum Gasteiger partial charge on any atom is -0.351 e. The van der Waals surface area contributed by atoms with Gasteiger partial charge in [-0.25, -0.2) is 0 Å². The van der Waals surface area contributed by atoms with Gasteiger partial charge in [-0.15, -0.1) is 0 Å². The molecule has 1 N–H and O–H groups in total. The summed E-state index contributed by atoms with van der Waals surface area (Å²) in [4.78, 5) is 11.7. The summed E-state index contributed by atoms with van der Waals surface area (Å²) in [5.41, 5.74) is -5.72. The van der Waals surface area contributed by atoms with E-state index in [1.165, 1.54) is 0 Å². The minimum absolute atomic E-state index is 0.122. The first kappa shape index (κ1) is 18.1. The molecule has 1 aromatic carbocycles. The molecule has 0 saturated carbocycles. The molecule has 0 aromatic heterocycles. The normalized spacial score (nSPS) is 12.3. The number of thioether (sulfide) groups is 1. The van der Waals surface area contributed by atoms with E-state index in [0.717, 1.165) is 12.1 Å². The van der Waals surface area contributed by atoms with Crippen LogP contribution in [0.5, 0.6) is 0 Å². The van der Waals surface area contributed by atoms with Crippen LogP contribution in [0.1, 0.15) is 15.9 Å². The number of carbonyl (C=O) groups excluding carboxylic acids is 1. The van der Waals surface area contributed by atoms with Crippen LogP contribution in [0.2, 0.25) is 0 Å². The van der Waals surface area contributed by atoms with Crippen molar-refractivity contribution in [3.8, 4) is 0 Å². The first-order valence-corrected chi connectivity index (χ1v) is 7.14. The van der Waals surface area contributed by atoms with Gasteiger partial charge < -0.3 is 5.32 Å². The van der Waals surface area contributed by atoms with Crippen molar-refractivity contribution >= 4 is 33.6 Å². The highest BCUT2D eigenvalue weighted by molar-refractivity contribution is 9.10. The van der Waals surface area contributed by atoms with Gasteiger partial charge in [-0.3, -0.25) is 4.79 Å². The molecular weight excluding hydrogens is 388 g/mol. The molecule has 2 nitrogen and oxygen atoms in total. The van der Waals surface area contributed by atoms with Crippen molar-refractivity contribution in [2.75, 3.05) is 12.3 Å². The zero-order chi connectivity index (χ0) is 16.3. The van der Waals surface area contributed by atoms with Crippen LogP contribution in [-0.4, -0.2) is 23.7 Å². The van der Waals surface area contributed by atoms with Crippen LogP contribution in [0.3, 0.4) is 0 Å². The Morgan fingerprint density at radius 3 is 2.33 bits per heavy atom. The summed E-state index contributed by atoms with van der Waals surface area (Å²) in [6, 6.07) is 2.49. The Morgan fingerprint density at radius 1 is 1.19 bits per heavy atom. The Bertz CT molecular complexity index is 516. The Kier molecular flexibility index (Phi) is 5.97. The Labute approximate surface area is 128 Å². The minimum atomic E-state index is -4.61. The van der Waals surface area contributed by atoms with E-state index >= 15 is 0 Å². The second kappa shape index (κ2) is 6.91. The fourth-order valence-corrected chi connectivity index (χ4v) is 2.16. The molecule has 0 atom stereocenters. The first-order valence-electron chi connectivity index (χ1n) is 5.36. The maximum absolute atomic E-state index is 12.5. The van der Waals surface area contributed by atoms with E-state index in [-0.39, 0.29) is 28.3 Å². The number of nitrogens with one attached hydrogen (secondary N) is 1. The molecule has 0 aliphatic heterocycles. The molecule has 0 unspecified atom stereocenters. The number of alkyl halides is 6. The largest absolute Gasteiger partial charge is 0.441 e. The molecule has 1 aromatic rings. The third kappa shape index (κ3) is 6.16. The third-order valence-electron chi connectivity index (χ3n) is 2.19. The number of benzene rings is 1. The monoisotopic (exact) mass is 395 g/mol. The fraction of sp³-hybridized carbons (Fsp3) is 0.364. The number of amides is 1. The van der Waals surface area contributed by atoms with Crippen molar-refractivity contribution in [2.24, 2.45) is 0 Å². The van der Waals surface area contributed by atoms with Crippen LogP contribution in [0.25, 0.3) is 0 Å². The van der Waals surface area contributed by atoms with Gasteiger partial charge in [0.25, 0.3) is 5.91 Å². The summed E-state index contributed by atoms with van der Waals surface area (Å²) in [5, 5.41) is 2.13. The lowest BCUT2D eigenvalue weighted by atomic mass is 10.1. The highest BCUT2D eigenvalue weighted by Crippen LogP contribution is 2.32. The quantitative estimate of drug-likeness (QED) is 0.602. The van der Waals surface area contributed by atoms with Crippen LogP contribution in [0.15, 0.2) is 22.7 Å². The molecular formula is C11H8BrF6NOS. The maximum atomic E-state index is 12.5. The molecule has 0 aliphatic carbocycles. The van der Waals surface area contributed by atoms with Crippen molar-refractivity contribution in [3.63, 3.8) is 0 Å². The van der Waals surface area contributed by atoms with Gasteiger partial charge in [-0.2, -0.15) is 26.3 Å². The molecule has 10 heteroatoms. The summed E-state index contributed by atoms with van der Waals surface area (Å²) >= 11 is 2.60. The van der Waals surface area contributed by atoms with E-state index in [2.05, 4.69) is 21.2 Å². The van der Waals surface area contributed by atoms with Crippen molar-refractivity contribution in [1.29, 1.82) is 0 Å². The van der Waals surface area contributed by atoms with Gasteiger partial charge >= 0.3 is 11.7 Å². The fourth-order valence-electron chi connectivity index (χ4n) is 1.30. The van der Waals surface area contributed by atoms with Gasteiger partial charge in [0.05, 0.1) is 11.1 Å². The van der Waals surface area contributed by atoms with E-state index in [1.54, 1.807) is 0 Å². The second-order valence-electron chi connectivity index (χ2n) is 3.74. The lowest BCUT2D eigenvalue weighted by Gasteiger charge is -2.11. The number of carbonyl (C=O) groups is 1. The van der Waals surface area contributed by atoms with Gasteiger partial charge in [-0.1, -0.05) is 0 Å². The zero-order valence-electron chi connectivity index (χ0n) is 10.1. The molecule has 1 rings (SSSR count). The highest BCUT2D eigenvalue weighted by Gasteiger charge is 2.31. The van der Waals surface area contributed by atoms with Crippen LogP contribution in [0, 0.1) is 0 Å². The van der Waals surface area contributed by atoms with Gasteiger partial charge in [0, 0.05) is 16.8 Å². The highest BCUT2D eigenvalue weighted by atomic mass is 79.9. The SMILES string of the molecule is O=C(NCCSC(F)(F)F)c1cc(C(F)(F)F)ccc1Br. The molecule has 118 valence electrons. The van der Waals surface area contributed by atoms with Crippen molar-refractivity contribution in [1.82, 2.24) is 5.32 Å². The molecule has 0 aliphatic rings. The van der Waals surface area contributed by atoms with Crippen molar-refractivity contribution in [3.05, 3.63) is 33.8 Å². The molecule has 0 spiro atoms. The Balaban J connectivity index is 2.70. The second-order valence-corrected chi connectivity index (χ2v) is 5.76. The first-order chi connectivity index (χ1) is 9.50. The van der Waals surface area contributed by atoms with E-state index in [4.69, 9.17) is 0 Å². The molecule has 1 amide bonds. The van der Waals surface area contributed by atoms with E-state index in [1.807, 2.05) is 0 Å². The standard InChI is InChI=1S/C11H8BrF6NOS/c12-8-2-1-6(10(13,14)15)5-7(8)9(20)19-3-4-21-11(16,17)18/h1-2,5H,3-4H2,(H,19,20). The topological polar surface area (TPSA) is 29.1 Å². The number of hydrogen-bond donors (Lipinski definition) is 1. The summed E-state index contributed by atoms with van der Waals surface area (Å²) in [6.07, 6.45) is -4.61. The average Bonchev–Trinajstić information content (AvgIpc) is 2.32. The van der Waals surface area contributed by atoms with Crippen LogP contribution in [-0.2, 0) is 6.18 Å². The molecule has 0 bridgehead atoms. The number of hydrogen-bond acceptors (Lipinski definition) is 2. The summed E-state index contributed by atoms with van der Waals surface area (Å²) < 4.78 is 73.3. The smallest absolute Gasteiger partial charge is 0.351 e. The van der Waals surface area contributed by atoms with Crippen LogP contribution >= 0.6 is 27.7 Å². The lowest BCUT2D eigenvalue weighted by molar-refractivity contribution is -0.137.